The van der Waals surface area contributed by atoms with E-state index in [0.29, 0.717) is 18.7 Å². The Morgan fingerprint density at radius 3 is 2.74 bits per heavy atom. The summed E-state index contributed by atoms with van der Waals surface area (Å²) in [7, 11) is 0. The summed E-state index contributed by atoms with van der Waals surface area (Å²) in [5.41, 5.74) is 9.58. The lowest BCUT2D eigenvalue weighted by Gasteiger charge is -2.12. The molecule has 4 N–H and O–H groups in total. The third kappa shape index (κ3) is 3.83. The molecule has 104 valence electrons. The van der Waals surface area contributed by atoms with Crippen LogP contribution in [-0.4, -0.2) is 23.2 Å². The number of pyridine rings is 1. The van der Waals surface area contributed by atoms with Crippen LogP contribution in [0.3, 0.4) is 0 Å². The van der Waals surface area contributed by atoms with Gasteiger partial charge in [-0.15, -0.1) is 0 Å². The molecule has 1 heterocycles. The van der Waals surface area contributed by atoms with Crippen molar-refractivity contribution in [3.63, 3.8) is 0 Å². The van der Waals surface area contributed by atoms with E-state index in [2.05, 4.69) is 16.4 Å². The van der Waals surface area contributed by atoms with Crippen molar-refractivity contribution >= 4 is 22.3 Å². The molecule has 1 aromatic carbocycles. The molecule has 0 fully saturated rings. The molecule has 4 nitrogen and oxygen atoms in total. The summed E-state index contributed by atoms with van der Waals surface area (Å²) in [5, 5.41) is 13.1. The molecule has 0 unspecified atom stereocenters. The number of benzene rings is 1. The molecular weight excluding hydrogens is 238 g/mol. The summed E-state index contributed by atoms with van der Waals surface area (Å²) in [4.78, 5) is 4.30. The Balaban J connectivity index is 0.000000861. The highest BCUT2D eigenvalue weighted by Crippen LogP contribution is 2.28. The van der Waals surface area contributed by atoms with E-state index in [0.717, 1.165) is 16.6 Å². The molecule has 0 amide bonds. The van der Waals surface area contributed by atoms with Crippen molar-refractivity contribution in [1.29, 1.82) is 0 Å². The number of rotatable bonds is 4. The summed E-state index contributed by atoms with van der Waals surface area (Å²) in [5.74, 6) is 0. The number of aromatic nitrogens is 1. The van der Waals surface area contributed by atoms with Crippen LogP contribution >= 0.6 is 0 Å². The van der Waals surface area contributed by atoms with E-state index in [1.54, 1.807) is 6.20 Å². The molecular formula is C15H23N3O. The molecule has 2 aromatic rings. The van der Waals surface area contributed by atoms with Crippen molar-refractivity contribution in [2.75, 3.05) is 24.2 Å². The third-order valence-electron chi connectivity index (χ3n) is 2.69. The maximum absolute atomic E-state index is 8.79. The Morgan fingerprint density at radius 2 is 2.05 bits per heavy atom. The number of nitrogens with one attached hydrogen (secondary N) is 1. The number of anilines is 2. The SMILES string of the molecule is CC.Cc1ccc2ncc(N)c(NCCCO)c2c1. The number of hydrogen-bond donors (Lipinski definition) is 3. The lowest BCUT2D eigenvalue weighted by molar-refractivity contribution is 0.292. The van der Waals surface area contributed by atoms with E-state index in [-0.39, 0.29) is 6.61 Å². The molecule has 0 aliphatic rings. The Labute approximate surface area is 114 Å². The number of aliphatic hydroxyl groups is 1. The Kier molecular flexibility index (Phi) is 6.09. The largest absolute Gasteiger partial charge is 0.396 e. The van der Waals surface area contributed by atoms with Crippen LogP contribution in [0.25, 0.3) is 10.9 Å². The lowest BCUT2D eigenvalue weighted by Crippen LogP contribution is -2.06. The first-order valence-electron chi connectivity index (χ1n) is 6.72. The van der Waals surface area contributed by atoms with E-state index in [4.69, 9.17) is 10.8 Å². The fourth-order valence-electron chi connectivity index (χ4n) is 1.81. The highest BCUT2D eigenvalue weighted by molar-refractivity contribution is 5.97. The van der Waals surface area contributed by atoms with Gasteiger partial charge in [0.1, 0.15) is 0 Å². The molecule has 0 radical (unpaired) electrons. The highest BCUT2D eigenvalue weighted by atomic mass is 16.3. The Morgan fingerprint density at radius 1 is 1.32 bits per heavy atom. The number of hydrogen-bond acceptors (Lipinski definition) is 4. The zero-order chi connectivity index (χ0) is 14.3. The molecule has 4 heteroatoms. The van der Waals surface area contributed by atoms with Crippen LogP contribution in [0.15, 0.2) is 24.4 Å². The monoisotopic (exact) mass is 261 g/mol. The van der Waals surface area contributed by atoms with Crippen molar-refractivity contribution in [3.8, 4) is 0 Å². The molecule has 1 aromatic heterocycles. The Hall–Kier alpha value is -1.81. The lowest BCUT2D eigenvalue weighted by atomic mass is 10.1. The molecule has 0 aliphatic carbocycles. The van der Waals surface area contributed by atoms with Crippen LogP contribution in [0.5, 0.6) is 0 Å². The fourth-order valence-corrected chi connectivity index (χ4v) is 1.81. The zero-order valence-electron chi connectivity index (χ0n) is 11.9. The number of nitrogen functional groups attached to an aromatic ring is 1. The van der Waals surface area contributed by atoms with Gasteiger partial charge in [0.15, 0.2) is 0 Å². The third-order valence-corrected chi connectivity index (χ3v) is 2.69. The van der Waals surface area contributed by atoms with Gasteiger partial charge in [0.05, 0.1) is 23.1 Å². The first-order chi connectivity index (χ1) is 9.22. The van der Waals surface area contributed by atoms with Crippen molar-refractivity contribution in [2.24, 2.45) is 0 Å². The summed E-state index contributed by atoms with van der Waals surface area (Å²) in [6.07, 6.45) is 2.37. The van der Waals surface area contributed by atoms with E-state index in [1.165, 1.54) is 5.56 Å². The molecule has 0 aliphatic heterocycles. The van der Waals surface area contributed by atoms with Gasteiger partial charge < -0.3 is 16.2 Å². The number of nitrogens with zero attached hydrogens (tertiary/aromatic N) is 1. The van der Waals surface area contributed by atoms with Crippen LogP contribution < -0.4 is 11.1 Å². The predicted molar refractivity (Wildman–Crippen MR) is 82.4 cm³/mol. The van der Waals surface area contributed by atoms with Crippen LogP contribution in [-0.2, 0) is 0 Å². The number of fused-ring (bicyclic) bond motifs is 1. The first-order valence-corrected chi connectivity index (χ1v) is 6.72. The first kappa shape index (κ1) is 15.2. The second kappa shape index (κ2) is 7.59. The van der Waals surface area contributed by atoms with Crippen molar-refractivity contribution in [3.05, 3.63) is 30.0 Å². The van der Waals surface area contributed by atoms with E-state index >= 15 is 0 Å². The Bertz CT molecular complexity index is 521. The standard InChI is InChI=1S/C13H17N3O.C2H6/c1-9-3-4-12-10(7-9)13(11(14)8-16-12)15-5-2-6-17;1-2/h3-4,7-8,17H,2,5-6,14H2,1H3,(H,15,16);1-2H3. The van der Waals surface area contributed by atoms with Gasteiger partial charge in [-0.05, 0) is 25.5 Å². The number of aryl methyl sites for hydroxylation is 1. The zero-order valence-corrected chi connectivity index (χ0v) is 11.9. The van der Waals surface area contributed by atoms with Crippen LogP contribution in [0.4, 0.5) is 11.4 Å². The van der Waals surface area contributed by atoms with Crippen molar-refractivity contribution in [1.82, 2.24) is 4.98 Å². The molecule has 0 atom stereocenters. The van der Waals surface area contributed by atoms with Gasteiger partial charge >= 0.3 is 0 Å². The molecule has 0 bridgehead atoms. The van der Waals surface area contributed by atoms with Crippen molar-refractivity contribution < 1.29 is 5.11 Å². The van der Waals surface area contributed by atoms with Gasteiger partial charge in [-0.2, -0.15) is 0 Å². The van der Waals surface area contributed by atoms with Gasteiger partial charge in [0, 0.05) is 18.5 Å². The summed E-state index contributed by atoms with van der Waals surface area (Å²) in [6, 6.07) is 6.09. The summed E-state index contributed by atoms with van der Waals surface area (Å²) < 4.78 is 0. The minimum absolute atomic E-state index is 0.176. The van der Waals surface area contributed by atoms with Crippen LogP contribution in [0.2, 0.25) is 0 Å². The van der Waals surface area contributed by atoms with Gasteiger partial charge in [0.25, 0.3) is 0 Å². The van der Waals surface area contributed by atoms with E-state index < -0.39 is 0 Å². The average Bonchev–Trinajstić information content (AvgIpc) is 2.44. The predicted octanol–water partition coefficient (Wildman–Crippen LogP) is 2.95. The van der Waals surface area contributed by atoms with Gasteiger partial charge in [-0.1, -0.05) is 25.5 Å². The molecule has 19 heavy (non-hydrogen) atoms. The van der Waals surface area contributed by atoms with E-state index in [1.807, 2.05) is 32.9 Å². The van der Waals surface area contributed by atoms with E-state index in [9.17, 15) is 0 Å². The highest BCUT2D eigenvalue weighted by Gasteiger charge is 2.06. The maximum Gasteiger partial charge on any atom is 0.0743 e. The topological polar surface area (TPSA) is 71.2 Å². The normalized spacial score (nSPS) is 9.89. The summed E-state index contributed by atoms with van der Waals surface area (Å²) in [6.45, 7) is 6.92. The van der Waals surface area contributed by atoms with Gasteiger partial charge in [0.2, 0.25) is 0 Å². The van der Waals surface area contributed by atoms with Gasteiger partial charge in [-0.3, -0.25) is 4.98 Å². The summed E-state index contributed by atoms with van der Waals surface area (Å²) >= 11 is 0. The van der Waals surface area contributed by atoms with Gasteiger partial charge in [-0.25, -0.2) is 0 Å². The molecule has 2 rings (SSSR count). The molecule has 0 saturated heterocycles. The molecule has 0 spiro atoms. The maximum atomic E-state index is 8.79. The van der Waals surface area contributed by atoms with Crippen LogP contribution in [0.1, 0.15) is 25.8 Å². The molecule has 0 saturated carbocycles. The smallest absolute Gasteiger partial charge is 0.0743 e. The van der Waals surface area contributed by atoms with Crippen molar-refractivity contribution in [2.45, 2.75) is 27.2 Å². The average molecular weight is 261 g/mol. The second-order valence-electron chi connectivity index (χ2n) is 4.11. The second-order valence-corrected chi connectivity index (χ2v) is 4.11. The minimum Gasteiger partial charge on any atom is -0.396 e. The number of nitrogens with two attached hydrogens (primary N) is 1. The fraction of sp³-hybridized carbons (Fsp3) is 0.400. The van der Waals surface area contributed by atoms with Crippen LogP contribution in [0, 0.1) is 6.92 Å². The quantitative estimate of drug-likeness (QED) is 0.740. The number of aliphatic hydroxyl groups excluding tert-OH is 1. The minimum atomic E-state index is 0.176.